The fraction of sp³-hybridized carbons (Fsp3) is 0.632. The molecular weight excluding hydrogens is 320 g/mol. The number of ether oxygens (including phenoxy) is 2. The molecule has 140 valence electrons. The van der Waals surface area contributed by atoms with Gasteiger partial charge < -0.3 is 19.5 Å². The molecule has 2 rings (SSSR count). The van der Waals surface area contributed by atoms with E-state index in [2.05, 4.69) is 15.9 Å². The number of esters is 1. The topological polar surface area (TPSA) is 62.2 Å². The van der Waals surface area contributed by atoms with E-state index in [4.69, 9.17) is 14.6 Å². The van der Waals surface area contributed by atoms with Crippen molar-refractivity contribution in [3.05, 3.63) is 24.3 Å². The molecule has 0 atom stereocenters. The van der Waals surface area contributed by atoms with Gasteiger partial charge in [-0.05, 0) is 31.9 Å². The van der Waals surface area contributed by atoms with Gasteiger partial charge in [0, 0.05) is 45.8 Å². The highest BCUT2D eigenvalue weighted by atomic mass is 16.5. The second-order valence-electron chi connectivity index (χ2n) is 6.13. The Kier molecular flexibility index (Phi) is 8.55. The monoisotopic (exact) mass is 350 g/mol. The number of benzene rings is 1. The lowest BCUT2D eigenvalue weighted by atomic mass is 10.2. The number of carbonyl (C=O) groups is 1. The SMILES string of the molecule is CCOC(=O)CCCOc1ccccc1N1CCN(CCCO)CC1. The van der Waals surface area contributed by atoms with Crippen molar-refractivity contribution in [3.8, 4) is 5.75 Å². The minimum Gasteiger partial charge on any atom is -0.491 e. The van der Waals surface area contributed by atoms with Crippen molar-refractivity contribution in [2.75, 3.05) is 57.4 Å². The van der Waals surface area contributed by atoms with Crippen LogP contribution in [0.15, 0.2) is 24.3 Å². The van der Waals surface area contributed by atoms with Crippen LogP contribution in [0.2, 0.25) is 0 Å². The molecule has 0 aliphatic carbocycles. The van der Waals surface area contributed by atoms with Crippen molar-refractivity contribution >= 4 is 11.7 Å². The lowest BCUT2D eigenvalue weighted by Gasteiger charge is -2.36. The van der Waals surface area contributed by atoms with E-state index in [0.717, 1.165) is 50.6 Å². The minimum atomic E-state index is -0.168. The van der Waals surface area contributed by atoms with Gasteiger partial charge in [-0.3, -0.25) is 9.69 Å². The van der Waals surface area contributed by atoms with Crippen molar-refractivity contribution in [1.29, 1.82) is 0 Å². The van der Waals surface area contributed by atoms with Gasteiger partial charge in [0.2, 0.25) is 0 Å². The van der Waals surface area contributed by atoms with Crippen LogP contribution in [-0.4, -0.2) is 68.5 Å². The number of nitrogens with zero attached hydrogens (tertiary/aromatic N) is 2. The standard InChI is InChI=1S/C19H30N2O4/c1-2-24-19(23)9-5-16-25-18-8-4-3-7-17(18)21-13-11-20(12-14-21)10-6-15-22/h3-4,7-8,22H,2,5-6,9-16H2,1H3. The maximum absolute atomic E-state index is 11.4. The van der Waals surface area contributed by atoms with Gasteiger partial charge >= 0.3 is 5.97 Å². The maximum atomic E-state index is 11.4. The lowest BCUT2D eigenvalue weighted by molar-refractivity contribution is -0.143. The highest BCUT2D eigenvalue weighted by Crippen LogP contribution is 2.29. The van der Waals surface area contributed by atoms with E-state index >= 15 is 0 Å². The van der Waals surface area contributed by atoms with Gasteiger partial charge in [-0.1, -0.05) is 12.1 Å². The maximum Gasteiger partial charge on any atom is 0.305 e. The third-order valence-corrected chi connectivity index (χ3v) is 4.30. The summed E-state index contributed by atoms with van der Waals surface area (Å²) in [6, 6.07) is 8.07. The largest absolute Gasteiger partial charge is 0.491 e. The van der Waals surface area contributed by atoms with Gasteiger partial charge in [0.15, 0.2) is 0 Å². The zero-order valence-electron chi connectivity index (χ0n) is 15.2. The first kappa shape index (κ1) is 19.5. The molecule has 1 aliphatic heterocycles. The van der Waals surface area contributed by atoms with E-state index < -0.39 is 0 Å². The summed E-state index contributed by atoms with van der Waals surface area (Å²) in [6.45, 7) is 7.85. The minimum absolute atomic E-state index is 0.168. The zero-order valence-corrected chi connectivity index (χ0v) is 15.2. The van der Waals surface area contributed by atoms with Crippen molar-refractivity contribution in [3.63, 3.8) is 0 Å². The summed E-state index contributed by atoms with van der Waals surface area (Å²) in [6.07, 6.45) is 1.88. The van der Waals surface area contributed by atoms with Crippen LogP contribution >= 0.6 is 0 Å². The Bertz CT molecular complexity index is 516. The third-order valence-electron chi connectivity index (χ3n) is 4.30. The average Bonchev–Trinajstić information content (AvgIpc) is 2.64. The Morgan fingerprint density at radius 1 is 1.16 bits per heavy atom. The van der Waals surface area contributed by atoms with Crippen LogP contribution in [0.4, 0.5) is 5.69 Å². The van der Waals surface area contributed by atoms with Gasteiger partial charge in [0.05, 0.1) is 18.9 Å². The first-order valence-corrected chi connectivity index (χ1v) is 9.20. The van der Waals surface area contributed by atoms with E-state index in [9.17, 15) is 4.79 Å². The second kappa shape index (κ2) is 10.9. The summed E-state index contributed by atoms with van der Waals surface area (Å²) in [7, 11) is 0. The van der Waals surface area contributed by atoms with Crippen LogP contribution in [0, 0.1) is 0 Å². The van der Waals surface area contributed by atoms with Crippen molar-refractivity contribution in [1.82, 2.24) is 4.90 Å². The smallest absolute Gasteiger partial charge is 0.305 e. The molecule has 1 heterocycles. The summed E-state index contributed by atoms with van der Waals surface area (Å²) in [5, 5.41) is 8.95. The Morgan fingerprint density at radius 2 is 1.92 bits per heavy atom. The van der Waals surface area contributed by atoms with Crippen LogP contribution < -0.4 is 9.64 Å². The Labute approximate surface area is 150 Å². The number of aliphatic hydroxyl groups excluding tert-OH is 1. The van der Waals surface area contributed by atoms with Crippen LogP contribution in [0.5, 0.6) is 5.75 Å². The van der Waals surface area contributed by atoms with Gasteiger partial charge in [-0.2, -0.15) is 0 Å². The first-order valence-electron chi connectivity index (χ1n) is 9.20. The molecule has 25 heavy (non-hydrogen) atoms. The molecule has 1 N–H and O–H groups in total. The van der Waals surface area contributed by atoms with Crippen molar-refractivity contribution in [2.24, 2.45) is 0 Å². The molecular formula is C19H30N2O4. The van der Waals surface area contributed by atoms with E-state index in [-0.39, 0.29) is 12.6 Å². The number of anilines is 1. The molecule has 1 saturated heterocycles. The summed E-state index contributed by atoms with van der Waals surface area (Å²) in [5.74, 6) is 0.702. The molecule has 1 aromatic rings. The molecule has 0 spiro atoms. The fourth-order valence-corrected chi connectivity index (χ4v) is 2.98. The summed E-state index contributed by atoms with van der Waals surface area (Å²) in [4.78, 5) is 16.1. The number of rotatable bonds is 10. The van der Waals surface area contributed by atoms with Gasteiger partial charge in [-0.25, -0.2) is 0 Å². The molecule has 0 aromatic heterocycles. The quantitative estimate of drug-likeness (QED) is 0.514. The zero-order chi connectivity index (χ0) is 17.9. The molecule has 0 saturated carbocycles. The number of hydrogen-bond acceptors (Lipinski definition) is 6. The molecule has 6 heteroatoms. The van der Waals surface area contributed by atoms with E-state index in [0.29, 0.717) is 26.1 Å². The molecule has 6 nitrogen and oxygen atoms in total. The molecule has 1 aromatic carbocycles. The Balaban J connectivity index is 1.81. The molecule has 1 aliphatic rings. The van der Waals surface area contributed by atoms with Gasteiger partial charge in [-0.15, -0.1) is 0 Å². The highest BCUT2D eigenvalue weighted by Gasteiger charge is 2.19. The predicted molar refractivity (Wildman–Crippen MR) is 98.2 cm³/mol. The Morgan fingerprint density at radius 3 is 2.64 bits per heavy atom. The second-order valence-corrected chi connectivity index (χ2v) is 6.13. The normalized spacial score (nSPS) is 15.2. The number of aliphatic hydroxyl groups is 1. The molecule has 0 unspecified atom stereocenters. The average molecular weight is 350 g/mol. The van der Waals surface area contributed by atoms with Crippen molar-refractivity contribution in [2.45, 2.75) is 26.2 Å². The predicted octanol–water partition coefficient (Wildman–Crippen LogP) is 1.91. The van der Waals surface area contributed by atoms with Crippen LogP contribution in [0.3, 0.4) is 0 Å². The summed E-state index contributed by atoms with van der Waals surface area (Å²) >= 11 is 0. The lowest BCUT2D eigenvalue weighted by Crippen LogP contribution is -2.46. The van der Waals surface area contributed by atoms with E-state index in [1.54, 1.807) is 0 Å². The summed E-state index contributed by atoms with van der Waals surface area (Å²) in [5.41, 5.74) is 1.11. The third kappa shape index (κ3) is 6.55. The molecule has 0 radical (unpaired) electrons. The van der Waals surface area contributed by atoms with E-state index in [1.165, 1.54) is 0 Å². The van der Waals surface area contributed by atoms with Gasteiger partial charge in [0.25, 0.3) is 0 Å². The van der Waals surface area contributed by atoms with Gasteiger partial charge in [0.1, 0.15) is 5.75 Å². The van der Waals surface area contributed by atoms with Crippen LogP contribution in [0.1, 0.15) is 26.2 Å². The Hall–Kier alpha value is -1.79. The van der Waals surface area contributed by atoms with Crippen LogP contribution in [0.25, 0.3) is 0 Å². The summed E-state index contributed by atoms with van der Waals surface area (Å²) < 4.78 is 10.8. The number of para-hydroxylation sites is 2. The first-order chi connectivity index (χ1) is 12.2. The molecule has 0 bridgehead atoms. The van der Waals surface area contributed by atoms with Crippen molar-refractivity contribution < 1.29 is 19.4 Å². The number of hydrogen-bond donors (Lipinski definition) is 1. The fourth-order valence-electron chi connectivity index (χ4n) is 2.98. The van der Waals surface area contributed by atoms with E-state index in [1.807, 2.05) is 25.1 Å². The highest BCUT2D eigenvalue weighted by molar-refractivity contribution is 5.69. The van der Waals surface area contributed by atoms with Crippen LogP contribution in [-0.2, 0) is 9.53 Å². The molecule has 0 amide bonds. The number of carbonyl (C=O) groups excluding carboxylic acids is 1. The molecule has 1 fully saturated rings. The number of piperazine rings is 1.